The average molecular weight is 652 g/mol. The molecule has 2 aromatic heterocycles. The molecule has 2 heterocycles. The standard InChI is InChI=1S/C37H41N5O6/c1-6-7-19-38-34-33-31(18-20-41(35(33)43)24-27-12-17-30(36(44)48-5)32(21-27)47-4)39-37(40-34)42(22-25-8-13-28(45-2)14-9-25)23-26-10-15-29(46-3)16-11-26/h8-18,20-21H,6-7,19,22-24H2,1-5H3,(H,38,39,40). The molecule has 5 rings (SSSR count). The van der Waals surface area contributed by atoms with Crippen LogP contribution in [-0.4, -0.2) is 55.5 Å². The molecule has 0 unspecified atom stereocenters. The van der Waals surface area contributed by atoms with Gasteiger partial charge in [-0.1, -0.05) is 43.7 Å². The molecule has 250 valence electrons. The minimum Gasteiger partial charge on any atom is -0.497 e. The van der Waals surface area contributed by atoms with E-state index in [1.807, 2.05) is 54.6 Å². The van der Waals surface area contributed by atoms with Crippen LogP contribution in [-0.2, 0) is 24.4 Å². The lowest BCUT2D eigenvalue weighted by Crippen LogP contribution is -2.27. The Labute approximate surface area is 280 Å². The molecule has 0 saturated carbocycles. The molecule has 5 aromatic rings. The van der Waals surface area contributed by atoms with Crippen LogP contribution in [0.25, 0.3) is 10.9 Å². The van der Waals surface area contributed by atoms with Gasteiger partial charge >= 0.3 is 5.97 Å². The summed E-state index contributed by atoms with van der Waals surface area (Å²) in [6.07, 6.45) is 3.63. The van der Waals surface area contributed by atoms with E-state index in [1.165, 1.54) is 14.2 Å². The molecule has 1 N–H and O–H groups in total. The summed E-state index contributed by atoms with van der Waals surface area (Å²) in [7, 11) is 6.10. The third-order valence-corrected chi connectivity index (χ3v) is 8.01. The number of benzene rings is 3. The van der Waals surface area contributed by atoms with Crippen LogP contribution < -0.4 is 30.0 Å². The van der Waals surface area contributed by atoms with Crippen LogP contribution in [0.15, 0.2) is 83.8 Å². The second-order valence-electron chi connectivity index (χ2n) is 11.2. The van der Waals surface area contributed by atoms with Gasteiger partial charge < -0.3 is 33.7 Å². The van der Waals surface area contributed by atoms with Crippen molar-refractivity contribution in [2.75, 3.05) is 45.2 Å². The van der Waals surface area contributed by atoms with Crippen LogP contribution in [0.3, 0.4) is 0 Å². The number of aromatic nitrogens is 3. The van der Waals surface area contributed by atoms with E-state index in [0.29, 0.717) is 53.6 Å². The smallest absolute Gasteiger partial charge is 0.341 e. The monoisotopic (exact) mass is 651 g/mol. The number of rotatable bonds is 15. The van der Waals surface area contributed by atoms with E-state index in [2.05, 4.69) is 17.1 Å². The van der Waals surface area contributed by atoms with E-state index >= 15 is 0 Å². The Hall–Kier alpha value is -5.58. The van der Waals surface area contributed by atoms with Crippen molar-refractivity contribution in [3.63, 3.8) is 0 Å². The molecule has 0 aliphatic heterocycles. The largest absolute Gasteiger partial charge is 0.497 e. The van der Waals surface area contributed by atoms with Crippen LogP contribution in [0, 0.1) is 0 Å². The number of hydrogen-bond donors (Lipinski definition) is 1. The Morgan fingerprint density at radius 2 is 1.44 bits per heavy atom. The molecule has 11 nitrogen and oxygen atoms in total. The first kappa shape index (κ1) is 33.8. The predicted molar refractivity (Wildman–Crippen MR) is 187 cm³/mol. The minimum atomic E-state index is -0.495. The van der Waals surface area contributed by atoms with Crippen molar-refractivity contribution in [3.8, 4) is 17.2 Å². The van der Waals surface area contributed by atoms with E-state index in [9.17, 15) is 9.59 Å². The molecule has 11 heteroatoms. The molecule has 0 saturated heterocycles. The zero-order valence-corrected chi connectivity index (χ0v) is 28.0. The van der Waals surface area contributed by atoms with Crippen molar-refractivity contribution in [2.24, 2.45) is 0 Å². The predicted octanol–water partition coefficient (Wildman–Crippen LogP) is 6.07. The highest BCUT2D eigenvalue weighted by Gasteiger charge is 2.19. The van der Waals surface area contributed by atoms with Crippen LogP contribution in [0.5, 0.6) is 17.2 Å². The number of anilines is 2. The summed E-state index contributed by atoms with van der Waals surface area (Å²) in [4.78, 5) is 38.2. The summed E-state index contributed by atoms with van der Waals surface area (Å²) in [6.45, 7) is 4.07. The van der Waals surface area contributed by atoms with Gasteiger partial charge in [0.25, 0.3) is 5.56 Å². The fourth-order valence-corrected chi connectivity index (χ4v) is 5.36. The number of hydrogen-bond acceptors (Lipinski definition) is 10. The lowest BCUT2D eigenvalue weighted by molar-refractivity contribution is 0.0597. The fraction of sp³-hybridized carbons (Fsp3) is 0.297. The van der Waals surface area contributed by atoms with E-state index in [0.717, 1.165) is 41.0 Å². The molecule has 0 spiro atoms. The zero-order valence-electron chi connectivity index (χ0n) is 28.0. The quantitative estimate of drug-likeness (QED) is 0.106. The van der Waals surface area contributed by atoms with Crippen LogP contribution in [0.2, 0.25) is 0 Å². The number of pyridine rings is 1. The summed E-state index contributed by atoms with van der Waals surface area (Å²) in [6, 6.07) is 22.8. The molecule has 0 aliphatic rings. The van der Waals surface area contributed by atoms with E-state index in [1.54, 1.807) is 43.2 Å². The maximum atomic E-state index is 14.0. The number of fused-ring (bicyclic) bond motifs is 1. The highest BCUT2D eigenvalue weighted by molar-refractivity contribution is 5.92. The van der Waals surface area contributed by atoms with E-state index in [4.69, 9.17) is 28.9 Å². The lowest BCUT2D eigenvalue weighted by Gasteiger charge is -2.24. The van der Waals surface area contributed by atoms with Gasteiger partial charge in [0.05, 0.1) is 40.5 Å². The van der Waals surface area contributed by atoms with Crippen molar-refractivity contribution >= 4 is 28.6 Å². The minimum absolute atomic E-state index is 0.231. The number of carbonyl (C=O) groups is 1. The Morgan fingerprint density at radius 3 is 2.00 bits per heavy atom. The number of nitrogens with one attached hydrogen (secondary N) is 1. The Morgan fingerprint density at radius 1 is 0.812 bits per heavy atom. The number of methoxy groups -OCH3 is 4. The molecule has 0 bridgehead atoms. The topological polar surface area (TPSA) is 117 Å². The van der Waals surface area contributed by atoms with Gasteiger partial charge in [-0.05, 0) is 65.6 Å². The molecule has 0 fully saturated rings. The highest BCUT2D eigenvalue weighted by atomic mass is 16.5. The summed E-state index contributed by atoms with van der Waals surface area (Å²) >= 11 is 0. The molecule has 3 aromatic carbocycles. The number of esters is 1. The summed E-state index contributed by atoms with van der Waals surface area (Å²) in [5, 5.41) is 3.83. The van der Waals surface area contributed by atoms with Crippen molar-refractivity contribution in [1.82, 2.24) is 14.5 Å². The highest BCUT2D eigenvalue weighted by Crippen LogP contribution is 2.26. The second kappa shape index (κ2) is 15.8. The van der Waals surface area contributed by atoms with Gasteiger partial charge in [0.2, 0.25) is 5.95 Å². The van der Waals surface area contributed by atoms with Gasteiger partial charge in [-0.2, -0.15) is 4.98 Å². The van der Waals surface area contributed by atoms with Gasteiger partial charge in [-0.25, -0.2) is 9.78 Å². The van der Waals surface area contributed by atoms with Gasteiger partial charge in [0, 0.05) is 25.8 Å². The normalized spacial score (nSPS) is 10.9. The first-order valence-corrected chi connectivity index (χ1v) is 15.8. The Bertz CT molecular complexity index is 1860. The van der Waals surface area contributed by atoms with Gasteiger partial charge in [-0.3, -0.25) is 4.79 Å². The molecule has 0 radical (unpaired) electrons. The fourth-order valence-electron chi connectivity index (χ4n) is 5.36. The summed E-state index contributed by atoms with van der Waals surface area (Å²) < 4.78 is 22.6. The second-order valence-corrected chi connectivity index (χ2v) is 11.2. The number of unbranched alkanes of at least 4 members (excludes halogenated alkanes) is 1. The van der Waals surface area contributed by atoms with Crippen molar-refractivity contribution in [2.45, 2.75) is 39.4 Å². The van der Waals surface area contributed by atoms with Crippen molar-refractivity contribution in [3.05, 3.63) is 112 Å². The molecular weight excluding hydrogens is 610 g/mol. The van der Waals surface area contributed by atoms with Crippen molar-refractivity contribution in [1.29, 1.82) is 0 Å². The van der Waals surface area contributed by atoms with Crippen LogP contribution in [0.1, 0.15) is 46.8 Å². The third-order valence-electron chi connectivity index (χ3n) is 8.01. The van der Waals surface area contributed by atoms with Crippen LogP contribution >= 0.6 is 0 Å². The molecule has 0 amide bonds. The molecule has 0 atom stereocenters. The van der Waals surface area contributed by atoms with E-state index < -0.39 is 5.97 Å². The SMILES string of the molecule is CCCCNc1nc(N(Cc2ccc(OC)cc2)Cc2ccc(OC)cc2)nc2ccn(Cc3ccc(C(=O)OC)c(OC)c3)c(=O)c12. The molecule has 48 heavy (non-hydrogen) atoms. The summed E-state index contributed by atoms with van der Waals surface area (Å²) in [5.41, 5.74) is 3.50. The molecular formula is C37H41N5O6. The van der Waals surface area contributed by atoms with Gasteiger partial charge in [0.1, 0.15) is 34.0 Å². The lowest BCUT2D eigenvalue weighted by atomic mass is 10.1. The van der Waals surface area contributed by atoms with Crippen molar-refractivity contribution < 1.29 is 23.7 Å². The van der Waals surface area contributed by atoms with Gasteiger partial charge in [-0.15, -0.1) is 0 Å². The zero-order chi connectivity index (χ0) is 34.0. The third kappa shape index (κ3) is 7.86. The maximum Gasteiger partial charge on any atom is 0.341 e. The molecule has 0 aliphatic carbocycles. The number of nitrogens with zero attached hydrogens (tertiary/aromatic N) is 4. The summed E-state index contributed by atoms with van der Waals surface area (Å²) in [5.74, 6) is 2.41. The Balaban J connectivity index is 1.56. The van der Waals surface area contributed by atoms with Gasteiger partial charge in [0.15, 0.2) is 0 Å². The first-order valence-electron chi connectivity index (χ1n) is 15.8. The van der Waals surface area contributed by atoms with E-state index in [-0.39, 0.29) is 12.1 Å². The number of ether oxygens (including phenoxy) is 4. The Kier molecular flexibility index (Phi) is 11.1. The maximum absolute atomic E-state index is 14.0. The van der Waals surface area contributed by atoms with Crippen LogP contribution in [0.4, 0.5) is 11.8 Å². The average Bonchev–Trinajstić information content (AvgIpc) is 3.12. The first-order chi connectivity index (χ1) is 23.4. The number of carbonyl (C=O) groups excluding carboxylic acids is 1.